The number of carboxylic acid groups (broad SMARTS) is 1. The van der Waals surface area contributed by atoms with Crippen molar-refractivity contribution >= 4 is 18.6 Å². The van der Waals surface area contributed by atoms with E-state index in [-0.39, 0.29) is 28.9 Å². The Labute approximate surface area is 143 Å². The van der Waals surface area contributed by atoms with E-state index in [1.54, 1.807) is 0 Å². The van der Waals surface area contributed by atoms with E-state index in [0.29, 0.717) is 38.1 Å². The maximum absolute atomic E-state index is 12.6. The summed E-state index contributed by atoms with van der Waals surface area (Å²) in [4.78, 5) is 9.84. The molecule has 1 heterocycles. The number of carboxylic acids is 1. The fourth-order valence-corrected chi connectivity index (χ4v) is 5.92. The monoisotopic (exact) mass is 343 g/mol. The molecule has 5 atom stereocenters. The molecule has 3 N–H and O–H groups in total. The first-order valence-electron chi connectivity index (χ1n) is 9.11. The molecule has 0 radical (unpaired) electrons. The number of piperidine rings is 1. The van der Waals surface area contributed by atoms with Crippen molar-refractivity contribution in [3.8, 4) is 0 Å². The van der Waals surface area contributed by atoms with Crippen molar-refractivity contribution in [1.82, 2.24) is 0 Å². The summed E-state index contributed by atoms with van der Waals surface area (Å²) in [6, 6.07) is -0.365. The van der Waals surface area contributed by atoms with E-state index in [0.717, 1.165) is 19.3 Å². The van der Waals surface area contributed by atoms with E-state index >= 15 is 0 Å². The molecule has 23 heavy (non-hydrogen) atoms. The molecule has 0 aromatic heterocycles. The molecule has 2 aliphatic carbocycles. The van der Waals surface area contributed by atoms with Crippen LogP contribution in [0.2, 0.25) is 0 Å². The van der Waals surface area contributed by atoms with Gasteiger partial charge >= 0.3 is 5.97 Å². The van der Waals surface area contributed by atoms with Crippen LogP contribution in [0.1, 0.15) is 57.8 Å². The molecule has 0 aromatic carbocycles. The number of nitrogens with one attached hydrogen (secondary N) is 1. The lowest BCUT2D eigenvalue weighted by Crippen LogP contribution is -3.16. The molecule has 5 nitrogen and oxygen atoms in total. The molecule has 5 unspecified atom stereocenters. The highest BCUT2D eigenvalue weighted by atomic mass is 32.1. The van der Waals surface area contributed by atoms with Gasteiger partial charge in [0, 0.05) is 18.3 Å². The average Bonchev–Trinajstić information content (AvgIpc) is 2.54. The summed E-state index contributed by atoms with van der Waals surface area (Å²) < 4.78 is 0. The van der Waals surface area contributed by atoms with E-state index in [9.17, 15) is 15.1 Å². The van der Waals surface area contributed by atoms with Gasteiger partial charge in [0.15, 0.2) is 4.93 Å². The fourth-order valence-electron chi connectivity index (χ4n) is 5.33. The lowest BCUT2D eigenvalue weighted by molar-refractivity contribution is -0.895. The summed E-state index contributed by atoms with van der Waals surface area (Å²) in [5, 5.41) is 33.1. The summed E-state index contributed by atoms with van der Waals surface area (Å²) in [6.45, 7) is 0.569. The molecule has 0 amide bonds. The lowest BCUT2D eigenvalue weighted by atomic mass is 9.66. The molecule has 3 rings (SSSR count). The first-order chi connectivity index (χ1) is 10.9. The van der Waals surface area contributed by atoms with Crippen molar-refractivity contribution < 1.29 is 20.1 Å². The first-order valence-corrected chi connectivity index (χ1v) is 9.56. The smallest absolute Gasteiger partial charge is 0.306 e. The van der Waals surface area contributed by atoms with Crippen LogP contribution in [-0.4, -0.2) is 33.7 Å². The zero-order valence-electron chi connectivity index (χ0n) is 13.6. The molecule has 0 bridgehead atoms. The lowest BCUT2D eigenvalue weighted by Gasteiger charge is -2.53. The second kappa shape index (κ2) is 6.90. The van der Waals surface area contributed by atoms with Gasteiger partial charge in [-0.15, -0.1) is 12.6 Å². The van der Waals surface area contributed by atoms with Crippen LogP contribution < -0.4 is 5.06 Å². The maximum Gasteiger partial charge on any atom is 0.306 e. The Morgan fingerprint density at radius 3 is 2.39 bits per heavy atom. The van der Waals surface area contributed by atoms with Gasteiger partial charge < -0.3 is 20.5 Å². The Bertz CT molecular complexity index is 436. The third kappa shape index (κ3) is 3.41. The Balaban J connectivity index is 1.73. The number of aliphatic carboxylic acids is 1. The predicted octanol–water partition coefficient (Wildman–Crippen LogP) is 1.46. The normalized spacial score (nSPS) is 44.1. The highest BCUT2D eigenvalue weighted by molar-refractivity contribution is 7.81. The van der Waals surface area contributed by atoms with E-state index in [2.05, 4.69) is 12.6 Å². The number of quaternary nitrogens is 1. The van der Waals surface area contributed by atoms with Crippen LogP contribution in [-0.2, 0) is 4.79 Å². The van der Waals surface area contributed by atoms with Crippen LogP contribution >= 0.6 is 12.6 Å². The molecule has 2 saturated carbocycles. The van der Waals surface area contributed by atoms with Crippen molar-refractivity contribution in [2.75, 3.05) is 6.54 Å². The minimum Gasteiger partial charge on any atom is -0.634 e. The third-order valence-electron chi connectivity index (χ3n) is 6.64. The Kier molecular flexibility index (Phi) is 5.26. The number of fused-ring (bicyclic) bond motifs is 1. The minimum absolute atomic E-state index is 0.0731. The number of hydroxylamine groups is 2. The van der Waals surface area contributed by atoms with Gasteiger partial charge in [-0.25, -0.2) is 0 Å². The quantitative estimate of drug-likeness (QED) is 0.355. The number of hydrogen-bond donors (Lipinski definition) is 4. The van der Waals surface area contributed by atoms with Gasteiger partial charge in [0.1, 0.15) is 6.04 Å². The fraction of sp³-hybridized carbons (Fsp3) is 0.941. The van der Waals surface area contributed by atoms with Gasteiger partial charge in [0.05, 0.1) is 12.5 Å². The molecule has 0 spiro atoms. The topological polar surface area (TPSA) is 85.0 Å². The Morgan fingerprint density at radius 1 is 1.09 bits per heavy atom. The van der Waals surface area contributed by atoms with Crippen LogP contribution in [0.15, 0.2) is 0 Å². The van der Waals surface area contributed by atoms with Crippen LogP contribution in [0.3, 0.4) is 0 Å². The molecule has 132 valence electrons. The largest absolute Gasteiger partial charge is 0.634 e. The SMILES string of the molecule is O=C(O)C1CCC(C(O)(S)C2C3CCCCC3CC[NH+]2[O-])CC1. The van der Waals surface area contributed by atoms with Gasteiger partial charge in [0.2, 0.25) is 0 Å². The standard InChI is InChI=1S/C17H29NO4S/c19-16(20)12-5-7-13(8-6-12)17(21,23)15-14-4-2-1-3-11(14)9-10-18(15)22/h11-15,18,21,23H,1-10H2,(H,19,20). The summed E-state index contributed by atoms with van der Waals surface area (Å²) in [5.74, 6) is -0.298. The van der Waals surface area contributed by atoms with Crippen LogP contribution in [0.4, 0.5) is 0 Å². The first kappa shape index (κ1) is 17.5. The number of carbonyl (C=O) groups is 1. The minimum atomic E-state index is -1.28. The molecule has 3 fully saturated rings. The van der Waals surface area contributed by atoms with E-state index < -0.39 is 10.9 Å². The van der Waals surface area contributed by atoms with Crippen molar-refractivity contribution in [3.05, 3.63) is 5.21 Å². The predicted molar refractivity (Wildman–Crippen MR) is 90.1 cm³/mol. The van der Waals surface area contributed by atoms with Gasteiger partial charge in [-0.1, -0.05) is 12.8 Å². The van der Waals surface area contributed by atoms with Gasteiger partial charge in [-0.05, 0) is 44.4 Å². The van der Waals surface area contributed by atoms with Crippen LogP contribution in [0, 0.1) is 28.9 Å². The van der Waals surface area contributed by atoms with Crippen molar-refractivity contribution in [1.29, 1.82) is 0 Å². The van der Waals surface area contributed by atoms with E-state index in [1.807, 2.05) is 0 Å². The highest BCUT2D eigenvalue weighted by Gasteiger charge is 2.53. The summed E-state index contributed by atoms with van der Waals surface area (Å²) in [6.07, 6.45) is 8.00. The number of aliphatic hydroxyl groups is 1. The van der Waals surface area contributed by atoms with Gasteiger partial charge in [0.25, 0.3) is 0 Å². The van der Waals surface area contributed by atoms with E-state index in [4.69, 9.17) is 5.11 Å². The molecule has 1 saturated heterocycles. The molecule has 6 heteroatoms. The Hall–Kier alpha value is -0.300. The van der Waals surface area contributed by atoms with Gasteiger partial charge in [-0.3, -0.25) is 4.79 Å². The second-order valence-electron chi connectivity index (χ2n) is 7.86. The van der Waals surface area contributed by atoms with Gasteiger partial charge in [-0.2, -0.15) is 0 Å². The van der Waals surface area contributed by atoms with E-state index in [1.165, 1.54) is 12.8 Å². The van der Waals surface area contributed by atoms with Crippen LogP contribution in [0.25, 0.3) is 0 Å². The summed E-state index contributed by atoms with van der Waals surface area (Å²) >= 11 is 4.62. The van der Waals surface area contributed by atoms with Crippen molar-refractivity contribution in [3.63, 3.8) is 0 Å². The maximum atomic E-state index is 12.6. The molecular formula is C17H29NO4S. The number of hydrogen-bond acceptors (Lipinski definition) is 4. The zero-order valence-corrected chi connectivity index (χ0v) is 14.5. The average molecular weight is 343 g/mol. The molecule has 3 aliphatic rings. The summed E-state index contributed by atoms with van der Waals surface area (Å²) in [7, 11) is 0. The van der Waals surface area contributed by atoms with Crippen molar-refractivity contribution in [2.24, 2.45) is 23.7 Å². The van der Waals surface area contributed by atoms with Crippen LogP contribution in [0.5, 0.6) is 0 Å². The highest BCUT2D eigenvalue weighted by Crippen LogP contribution is 2.45. The number of thiol groups is 1. The van der Waals surface area contributed by atoms with Crippen molar-refractivity contribution in [2.45, 2.75) is 68.8 Å². The zero-order chi connectivity index (χ0) is 16.6. The third-order valence-corrected chi connectivity index (χ3v) is 7.28. The molecular weight excluding hydrogens is 314 g/mol. The summed E-state index contributed by atoms with van der Waals surface area (Å²) in [5.41, 5.74) is 0. The molecule has 1 aliphatic heterocycles. The second-order valence-corrected chi connectivity index (χ2v) is 8.58. The Morgan fingerprint density at radius 2 is 1.74 bits per heavy atom. The molecule has 0 aromatic rings. The number of rotatable bonds is 3.